The van der Waals surface area contributed by atoms with Gasteiger partial charge in [0.1, 0.15) is 0 Å². The van der Waals surface area contributed by atoms with Gasteiger partial charge in [0.2, 0.25) is 0 Å². The summed E-state index contributed by atoms with van der Waals surface area (Å²) in [6.45, 7) is 15.1. The Balaban J connectivity index is 4.06. The summed E-state index contributed by atoms with van der Waals surface area (Å²) in [5.41, 5.74) is 6.40. The highest BCUT2D eigenvalue weighted by Crippen LogP contribution is 2.20. The first-order valence-electron chi connectivity index (χ1n) is 6.74. The molecule has 0 radical (unpaired) electrons. The van der Waals surface area contributed by atoms with Crippen molar-refractivity contribution >= 4 is 0 Å². The van der Waals surface area contributed by atoms with E-state index in [1.54, 1.807) is 7.11 Å². The van der Waals surface area contributed by atoms with Gasteiger partial charge in [-0.1, -0.05) is 34.6 Å². The summed E-state index contributed by atoms with van der Waals surface area (Å²) in [6.07, 6.45) is 1.06. The lowest BCUT2D eigenvalue weighted by Crippen LogP contribution is -2.40. The highest BCUT2D eigenvalue weighted by atomic mass is 16.5. The van der Waals surface area contributed by atoms with Crippen molar-refractivity contribution in [2.24, 2.45) is 17.1 Å². The van der Waals surface area contributed by atoms with Crippen molar-refractivity contribution in [3.63, 3.8) is 0 Å². The summed E-state index contributed by atoms with van der Waals surface area (Å²) >= 11 is 0. The molecule has 0 aliphatic rings. The quantitative estimate of drug-likeness (QED) is 0.712. The number of hydrogen-bond donors (Lipinski definition) is 1. The molecule has 0 aliphatic heterocycles. The molecule has 3 nitrogen and oxygen atoms in total. The minimum Gasteiger partial charge on any atom is -0.383 e. The van der Waals surface area contributed by atoms with Gasteiger partial charge >= 0.3 is 0 Å². The van der Waals surface area contributed by atoms with Crippen LogP contribution in [0.4, 0.5) is 0 Å². The molecule has 3 heteroatoms. The minimum atomic E-state index is 0.199. The zero-order valence-corrected chi connectivity index (χ0v) is 12.6. The molecule has 0 spiro atoms. The third-order valence-electron chi connectivity index (χ3n) is 3.10. The van der Waals surface area contributed by atoms with E-state index in [1.807, 2.05) is 0 Å². The predicted molar refractivity (Wildman–Crippen MR) is 75.2 cm³/mol. The van der Waals surface area contributed by atoms with Crippen LogP contribution in [0.15, 0.2) is 0 Å². The predicted octanol–water partition coefficient (Wildman–Crippen LogP) is 2.35. The van der Waals surface area contributed by atoms with Crippen molar-refractivity contribution in [2.45, 2.75) is 47.1 Å². The second kappa shape index (κ2) is 8.06. The van der Waals surface area contributed by atoms with Crippen molar-refractivity contribution < 1.29 is 4.74 Å². The van der Waals surface area contributed by atoms with E-state index in [1.165, 1.54) is 0 Å². The SMILES string of the molecule is COCCN(CCC(N)C(C)(C)C)CC(C)C. The van der Waals surface area contributed by atoms with E-state index in [9.17, 15) is 0 Å². The molecule has 17 heavy (non-hydrogen) atoms. The average molecular weight is 244 g/mol. The monoisotopic (exact) mass is 244 g/mol. The van der Waals surface area contributed by atoms with E-state index in [0.29, 0.717) is 5.92 Å². The second-order valence-electron chi connectivity index (χ2n) is 6.45. The summed E-state index contributed by atoms with van der Waals surface area (Å²) in [5.74, 6) is 0.692. The Hall–Kier alpha value is -0.120. The van der Waals surface area contributed by atoms with Crippen molar-refractivity contribution in [2.75, 3.05) is 33.4 Å². The van der Waals surface area contributed by atoms with Crippen LogP contribution in [0.2, 0.25) is 0 Å². The summed E-state index contributed by atoms with van der Waals surface area (Å²) in [6, 6.07) is 0.264. The molecule has 104 valence electrons. The smallest absolute Gasteiger partial charge is 0.0589 e. The minimum absolute atomic E-state index is 0.199. The van der Waals surface area contributed by atoms with Crippen molar-refractivity contribution in [1.29, 1.82) is 0 Å². The fourth-order valence-electron chi connectivity index (χ4n) is 1.79. The topological polar surface area (TPSA) is 38.5 Å². The Labute approximate surface area is 108 Å². The van der Waals surface area contributed by atoms with Crippen LogP contribution in [0.1, 0.15) is 41.0 Å². The van der Waals surface area contributed by atoms with E-state index in [-0.39, 0.29) is 11.5 Å². The van der Waals surface area contributed by atoms with Crippen LogP contribution in [0, 0.1) is 11.3 Å². The fraction of sp³-hybridized carbons (Fsp3) is 1.00. The van der Waals surface area contributed by atoms with Crippen LogP contribution in [-0.4, -0.2) is 44.3 Å². The number of hydrogen-bond acceptors (Lipinski definition) is 3. The molecule has 0 heterocycles. The van der Waals surface area contributed by atoms with Gasteiger partial charge in [0.25, 0.3) is 0 Å². The lowest BCUT2D eigenvalue weighted by atomic mass is 9.85. The van der Waals surface area contributed by atoms with Crippen molar-refractivity contribution in [1.82, 2.24) is 4.90 Å². The summed E-state index contributed by atoms with van der Waals surface area (Å²) in [4.78, 5) is 2.46. The molecule has 0 aliphatic carbocycles. The van der Waals surface area contributed by atoms with E-state index in [4.69, 9.17) is 10.5 Å². The first-order chi connectivity index (χ1) is 7.77. The van der Waals surface area contributed by atoms with Gasteiger partial charge in [0.15, 0.2) is 0 Å². The molecule has 0 rings (SSSR count). The molecule has 0 bridgehead atoms. The van der Waals surface area contributed by atoms with Crippen LogP contribution in [0.5, 0.6) is 0 Å². The largest absolute Gasteiger partial charge is 0.383 e. The lowest BCUT2D eigenvalue weighted by molar-refractivity contribution is 0.133. The second-order valence-corrected chi connectivity index (χ2v) is 6.45. The number of rotatable bonds is 8. The molecule has 0 aromatic heterocycles. The van der Waals surface area contributed by atoms with Gasteiger partial charge in [-0.3, -0.25) is 0 Å². The third-order valence-corrected chi connectivity index (χ3v) is 3.10. The standard InChI is InChI=1S/C14H32N2O/c1-12(2)11-16(9-10-17-6)8-7-13(15)14(3,4)5/h12-13H,7-11,15H2,1-6H3. The maximum Gasteiger partial charge on any atom is 0.0589 e. The first-order valence-corrected chi connectivity index (χ1v) is 6.74. The van der Waals surface area contributed by atoms with Crippen molar-refractivity contribution in [3.8, 4) is 0 Å². The third kappa shape index (κ3) is 8.58. The number of methoxy groups -OCH3 is 1. The van der Waals surface area contributed by atoms with Gasteiger partial charge in [-0.2, -0.15) is 0 Å². The maximum absolute atomic E-state index is 6.20. The molecule has 0 saturated carbocycles. The van der Waals surface area contributed by atoms with E-state index in [2.05, 4.69) is 39.5 Å². The molecule has 1 atom stereocenters. The van der Waals surface area contributed by atoms with Gasteiger partial charge in [0, 0.05) is 26.2 Å². The number of nitrogens with zero attached hydrogens (tertiary/aromatic N) is 1. The highest BCUT2D eigenvalue weighted by Gasteiger charge is 2.21. The molecule has 0 aromatic carbocycles. The van der Waals surface area contributed by atoms with Crippen LogP contribution >= 0.6 is 0 Å². The highest BCUT2D eigenvalue weighted by molar-refractivity contribution is 4.78. The first kappa shape index (κ1) is 16.9. The summed E-state index contributed by atoms with van der Waals surface area (Å²) < 4.78 is 5.16. The fourth-order valence-corrected chi connectivity index (χ4v) is 1.79. The van der Waals surface area contributed by atoms with Crippen molar-refractivity contribution in [3.05, 3.63) is 0 Å². The Morgan fingerprint density at radius 2 is 1.76 bits per heavy atom. The summed E-state index contributed by atoms with van der Waals surface area (Å²) in [5, 5.41) is 0. The van der Waals surface area contributed by atoms with Crippen LogP contribution in [0.25, 0.3) is 0 Å². The van der Waals surface area contributed by atoms with Gasteiger partial charge in [-0.25, -0.2) is 0 Å². The Morgan fingerprint density at radius 1 is 1.18 bits per heavy atom. The molecule has 0 aromatic rings. The molecule has 0 saturated heterocycles. The van der Waals surface area contributed by atoms with Gasteiger partial charge in [0.05, 0.1) is 6.61 Å². The summed E-state index contributed by atoms with van der Waals surface area (Å²) in [7, 11) is 1.76. The van der Waals surface area contributed by atoms with E-state index >= 15 is 0 Å². The Kier molecular flexibility index (Phi) is 8.01. The number of nitrogens with two attached hydrogens (primary N) is 1. The molecule has 2 N–H and O–H groups in total. The van der Waals surface area contributed by atoms with Crippen LogP contribution in [0.3, 0.4) is 0 Å². The van der Waals surface area contributed by atoms with Gasteiger partial charge < -0.3 is 15.4 Å². The Morgan fingerprint density at radius 3 is 2.18 bits per heavy atom. The molecule has 0 fully saturated rings. The normalized spacial score (nSPS) is 14.6. The van der Waals surface area contributed by atoms with E-state index in [0.717, 1.165) is 32.7 Å². The van der Waals surface area contributed by atoms with Crippen LogP contribution in [-0.2, 0) is 4.74 Å². The van der Waals surface area contributed by atoms with Crippen LogP contribution < -0.4 is 5.73 Å². The number of ether oxygens (including phenoxy) is 1. The molecule has 0 amide bonds. The zero-order chi connectivity index (χ0) is 13.5. The molecular formula is C14H32N2O. The van der Waals surface area contributed by atoms with Gasteiger partial charge in [-0.05, 0) is 24.3 Å². The average Bonchev–Trinajstić information content (AvgIpc) is 2.19. The van der Waals surface area contributed by atoms with Gasteiger partial charge in [-0.15, -0.1) is 0 Å². The zero-order valence-electron chi connectivity index (χ0n) is 12.6. The van der Waals surface area contributed by atoms with E-state index < -0.39 is 0 Å². The molecule has 1 unspecified atom stereocenters. The Bertz CT molecular complexity index is 187. The maximum atomic E-state index is 6.20. The lowest BCUT2D eigenvalue weighted by Gasteiger charge is -2.30. The molecular weight excluding hydrogens is 212 g/mol.